The maximum absolute atomic E-state index is 11.7. The summed E-state index contributed by atoms with van der Waals surface area (Å²) in [6, 6.07) is 0. The molecule has 1 aromatic heterocycles. The highest BCUT2D eigenvalue weighted by Crippen LogP contribution is 2.21. The van der Waals surface area contributed by atoms with Crippen molar-refractivity contribution in [2.45, 2.75) is 43.5 Å². The van der Waals surface area contributed by atoms with Crippen molar-refractivity contribution in [2.75, 3.05) is 18.9 Å². The maximum atomic E-state index is 11.7. The standard InChI is InChI=1S/C15H23N5O3S/c1-2-7-17-14(22)10-24-15-19-18-13(6-5-12(16)21)20(15)9-11-4-3-8-23-11/h2,11H,1,3-10H2,(H2,16,21)(H,17,22). The number of carbonyl (C=O) groups is 2. The highest BCUT2D eigenvalue weighted by atomic mass is 32.2. The minimum absolute atomic E-state index is 0.0924. The number of primary amides is 1. The van der Waals surface area contributed by atoms with E-state index in [1.807, 2.05) is 4.57 Å². The number of ether oxygens (including phenoxy) is 1. The first-order valence-corrected chi connectivity index (χ1v) is 8.91. The number of carbonyl (C=O) groups excluding carboxylic acids is 2. The predicted molar refractivity (Wildman–Crippen MR) is 90.4 cm³/mol. The Labute approximate surface area is 145 Å². The molecule has 2 heterocycles. The van der Waals surface area contributed by atoms with Crippen LogP contribution in [-0.2, 0) is 27.3 Å². The van der Waals surface area contributed by atoms with Gasteiger partial charge >= 0.3 is 0 Å². The zero-order valence-corrected chi connectivity index (χ0v) is 14.4. The fourth-order valence-electron chi connectivity index (χ4n) is 2.39. The SMILES string of the molecule is C=CCNC(=O)CSc1nnc(CCC(N)=O)n1CC1CCCO1. The van der Waals surface area contributed by atoms with Gasteiger partial charge in [-0.25, -0.2) is 0 Å². The lowest BCUT2D eigenvalue weighted by Crippen LogP contribution is -2.25. The summed E-state index contributed by atoms with van der Waals surface area (Å²) in [5.74, 6) is 0.469. The van der Waals surface area contributed by atoms with Gasteiger partial charge in [0.1, 0.15) is 5.82 Å². The van der Waals surface area contributed by atoms with E-state index in [-0.39, 0.29) is 30.1 Å². The van der Waals surface area contributed by atoms with E-state index in [0.717, 1.165) is 19.4 Å². The Kier molecular flexibility index (Phi) is 7.26. The third-order valence-electron chi connectivity index (χ3n) is 3.57. The van der Waals surface area contributed by atoms with Crippen molar-refractivity contribution in [2.24, 2.45) is 5.73 Å². The van der Waals surface area contributed by atoms with Gasteiger partial charge in [0.25, 0.3) is 0 Å². The second-order valence-electron chi connectivity index (χ2n) is 5.49. The molecule has 0 saturated carbocycles. The molecule has 1 unspecified atom stereocenters. The molecule has 0 bridgehead atoms. The van der Waals surface area contributed by atoms with E-state index in [1.54, 1.807) is 6.08 Å². The Morgan fingerprint density at radius 2 is 2.33 bits per heavy atom. The second-order valence-corrected chi connectivity index (χ2v) is 6.43. The van der Waals surface area contributed by atoms with Crippen molar-refractivity contribution in [1.29, 1.82) is 0 Å². The first-order chi connectivity index (χ1) is 11.6. The number of aryl methyl sites for hydroxylation is 1. The molecule has 1 saturated heterocycles. The van der Waals surface area contributed by atoms with Gasteiger partial charge in [0, 0.05) is 26.0 Å². The van der Waals surface area contributed by atoms with Crippen LogP contribution >= 0.6 is 11.8 Å². The summed E-state index contributed by atoms with van der Waals surface area (Å²) in [4.78, 5) is 22.8. The van der Waals surface area contributed by atoms with E-state index in [0.29, 0.717) is 30.5 Å². The first-order valence-electron chi connectivity index (χ1n) is 7.92. The Balaban J connectivity index is 2.02. The lowest BCUT2D eigenvalue weighted by molar-refractivity contribution is -0.119. The second kappa shape index (κ2) is 9.43. The van der Waals surface area contributed by atoms with Gasteiger partial charge in [-0.15, -0.1) is 16.8 Å². The molecule has 9 heteroatoms. The Bertz CT molecular complexity index is 584. The number of rotatable bonds is 10. The summed E-state index contributed by atoms with van der Waals surface area (Å²) in [5, 5.41) is 11.7. The molecule has 3 N–H and O–H groups in total. The van der Waals surface area contributed by atoms with Gasteiger partial charge in [0.05, 0.1) is 18.4 Å². The summed E-state index contributed by atoms with van der Waals surface area (Å²) < 4.78 is 7.61. The molecule has 0 radical (unpaired) electrons. The van der Waals surface area contributed by atoms with E-state index in [1.165, 1.54) is 11.8 Å². The first kappa shape index (κ1) is 18.5. The van der Waals surface area contributed by atoms with Crippen LogP contribution in [-0.4, -0.2) is 51.6 Å². The predicted octanol–water partition coefficient (Wildman–Crippen LogP) is 0.269. The van der Waals surface area contributed by atoms with Crippen LogP contribution in [0.5, 0.6) is 0 Å². The van der Waals surface area contributed by atoms with E-state index >= 15 is 0 Å². The van der Waals surface area contributed by atoms with E-state index in [4.69, 9.17) is 10.5 Å². The van der Waals surface area contributed by atoms with Gasteiger partial charge in [-0.05, 0) is 12.8 Å². The van der Waals surface area contributed by atoms with Gasteiger partial charge in [-0.1, -0.05) is 17.8 Å². The molecule has 1 aliphatic rings. The van der Waals surface area contributed by atoms with Gasteiger partial charge in [-0.2, -0.15) is 0 Å². The number of nitrogens with two attached hydrogens (primary N) is 1. The number of hydrogen-bond acceptors (Lipinski definition) is 6. The summed E-state index contributed by atoms with van der Waals surface area (Å²) in [7, 11) is 0. The molecule has 1 aliphatic heterocycles. The lowest BCUT2D eigenvalue weighted by atomic mass is 10.2. The Morgan fingerprint density at radius 3 is 3.00 bits per heavy atom. The van der Waals surface area contributed by atoms with Crippen molar-refractivity contribution in [3.8, 4) is 0 Å². The Hall–Kier alpha value is -1.87. The molecule has 1 atom stereocenters. The number of hydrogen-bond donors (Lipinski definition) is 2. The molecule has 0 spiro atoms. The van der Waals surface area contributed by atoms with Crippen LogP contribution in [0, 0.1) is 0 Å². The number of nitrogens with zero attached hydrogens (tertiary/aromatic N) is 3. The molecule has 8 nitrogen and oxygen atoms in total. The van der Waals surface area contributed by atoms with Crippen LogP contribution in [0.4, 0.5) is 0 Å². The molecule has 0 aliphatic carbocycles. The lowest BCUT2D eigenvalue weighted by Gasteiger charge is -2.14. The fraction of sp³-hybridized carbons (Fsp3) is 0.600. The molecule has 132 valence electrons. The largest absolute Gasteiger partial charge is 0.376 e. The Morgan fingerprint density at radius 1 is 1.50 bits per heavy atom. The highest BCUT2D eigenvalue weighted by molar-refractivity contribution is 7.99. The smallest absolute Gasteiger partial charge is 0.230 e. The van der Waals surface area contributed by atoms with Crippen molar-refractivity contribution in [3.63, 3.8) is 0 Å². The minimum atomic E-state index is -0.375. The van der Waals surface area contributed by atoms with Crippen LogP contribution in [0.25, 0.3) is 0 Å². The minimum Gasteiger partial charge on any atom is -0.376 e. The molecular formula is C15H23N5O3S. The highest BCUT2D eigenvalue weighted by Gasteiger charge is 2.21. The number of aromatic nitrogens is 3. The van der Waals surface area contributed by atoms with E-state index in [9.17, 15) is 9.59 Å². The van der Waals surface area contributed by atoms with Gasteiger partial charge in [0.15, 0.2) is 5.16 Å². The number of amides is 2. The molecule has 0 aromatic carbocycles. The molecular weight excluding hydrogens is 330 g/mol. The monoisotopic (exact) mass is 353 g/mol. The maximum Gasteiger partial charge on any atom is 0.230 e. The molecule has 2 amide bonds. The summed E-state index contributed by atoms with van der Waals surface area (Å²) >= 11 is 1.32. The van der Waals surface area contributed by atoms with Crippen LogP contribution in [0.2, 0.25) is 0 Å². The van der Waals surface area contributed by atoms with Crippen molar-refractivity contribution in [1.82, 2.24) is 20.1 Å². The third kappa shape index (κ3) is 5.64. The van der Waals surface area contributed by atoms with Crippen molar-refractivity contribution < 1.29 is 14.3 Å². The number of nitrogens with one attached hydrogen (secondary N) is 1. The summed E-state index contributed by atoms with van der Waals surface area (Å²) in [5.41, 5.74) is 5.22. The average Bonchev–Trinajstić information content (AvgIpc) is 3.19. The fourth-order valence-corrected chi connectivity index (χ4v) is 3.18. The quantitative estimate of drug-likeness (QED) is 0.461. The number of thioether (sulfide) groups is 1. The van der Waals surface area contributed by atoms with E-state index in [2.05, 4.69) is 22.1 Å². The van der Waals surface area contributed by atoms with Crippen LogP contribution < -0.4 is 11.1 Å². The van der Waals surface area contributed by atoms with Crippen LogP contribution in [0.15, 0.2) is 17.8 Å². The van der Waals surface area contributed by atoms with Crippen molar-refractivity contribution in [3.05, 3.63) is 18.5 Å². The zero-order chi connectivity index (χ0) is 17.4. The topological polar surface area (TPSA) is 112 Å². The molecule has 24 heavy (non-hydrogen) atoms. The third-order valence-corrected chi connectivity index (χ3v) is 4.54. The van der Waals surface area contributed by atoms with E-state index < -0.39 is 0 Å². The van der Waals surface area contributed by atoms with Gasteiger partial charge < -0.3 is 20.4 Å². The summed E-state index contributed by atoms with van der Waals surface area (Å²) in [6.07, 6.45) is 4.41. The van der Waals surface area contributed by atoms with Crippen molar-refractivity contribution >= 4 is 23.6 Å². The average molecular weight is 353 g/mol. The van der Waals surface area contributed by atoms with Crippen LogP contribution in [0.1, 0.15) is 25.1 Å². The molecule has 2 rings (SSSR count). The normalized spacial score (nSPS) is 16.9. The summed E-state index contributed by atoms with van der Waals surface area (Å²) in [6.45, 7) is 5.38. The van der Waals surface area contributed by atoms with Gasteiger partial charge in [-0.3, -0.25) is 9.59 Å². The molecule has 1 fully saturated rings. The zero-order valence-electron chi connectivity index (χ0n) is 13.6. The van der Waals surface area contributed by atoms with Gasteiger partial charge in [0.2, 0.25) is 11.8 Å². The van der Waals surface area contributed by atoms with Crippen LogP contribution in [0.3, 0.4) is 0 Å². The molecule has 1 aromatic rings.